The van der Waals surface area contributed by atoms with Crippen LogP contribution < -0.4 is 5.32 Å². The highest BCUT2D eigenvalue weighted by Gasteiger charge is 2.16. The second-order valence-electron chi connectivity index (χ2n) is 4.85. The number of hydrogen-bond donors (Lipinski definition) is 1. The highest BCUT2D eigenvalue weighted by molar-refractivity contribution is 6.31. The molecule has 1 unspecified atom stereocenters. The number of carbonyl (C=O) groups excluding carboxylic acids is 1. The van der Waals surface area contributed by atoms with Crippen molar-refractivity contribution < 1.29 is 9.18 Å². The van der Waals surface area contributed by atoms with Crippen LogP contribution in [0.1, 0.15) is 24.8 Å². The number of ketones is 1. The molecule has 1 heterocycles. The summed E-state index contributed by atoms with van der Waals surface area (Å²) in [5, 5.41) is 3.75. The van der Waals surface area contributed by atoms with E-state index in [2.05, 4.69) is 5.32 Å². The largest absolute Gasteiger partial charge is 0.316 e. The van der Waals surface area contributed by atoms with Crippen LogP contribution in [0.2, 0.25) is 5.02 Å². The molecule has 18 heavy (non-hydrogen) atoms. The third-order valence-electron chi connectivity index (χ3n) is 3.39. The molecule has 1 aliphatic rings. The zero-order valence-electron chi connectivity index (χ0n) is 10.2. The Morgan fingerprint density at radius 1 is 1.50 bits per heavy atom. The van der Waals surface area contributed by atoms with Gasteiger partial charge in [-0.15, -0.1) is 0 Å². The third-order valence-corrected chi connectivity index (χ3v) is 3.76. The lowest BCUT2D eigenvalue weighted by atomic mass is 9.98. The first kappa shape index (κ1) is 13.5. The van der Waals surface area contributed by atoms with Gasteiger partial charge in [-0.25, -0.2) is 4.39 Å². The fourth-order valence-electron chi connectivity index (χ4n) is 2.31. The number of Topliss-reactive ketones (excluding diaryl/α,β-unsaturated/α-hetero) is 1. The molecule has 2 nitrogen and oxygen atoms in total. The van der Waals surface area contributed by atoms with Crippen molar-refractivity contribution in [1.29, 1.82) is 0 Å². The van der Waals surface area contributed by atoms with Crippen LogP contribution in [0.15, 0.2) is 18.2 Å². The molecule has 2 rings (SSSR count). The molecule has 1 aromatic carbocycles. The van der Waals surface area contributed by atoms with Crippen molar-refractivity contribution in [1.82, 2.24) is 5.32 Å². The van der Waals surface area contributed by atoms with Gasteiger partial charge in [0.05, 0.1) is 0 Å². The minimum Gasteiger partial charge on any atom is -0.316 e. The standard InChI is InChI=1S/C14H17ClFNO/c15-14-4-2-12(16)7-11(14)8-13(18)3-1-10-5-6-17-9-10/h2,4,7,10,17H,1,3,5-6,8-9H2. The molecule has 0 aliphatic carbocycles. The van der Waals surface area contributed by atoms with Gasteiger partial charge in [0.25, 0.3) is 0 Å². The zero-order chi connectivity index (χ0) is 13.0. The van der Waals surface area contributed by atoms with Gasteiger partial charge < -0.3 is 5.32 Å². The summed E-state index contributed by atoms with van der Waals surface area (Å²) in [5.41, 5.74) is 0.589. The van der Waals surface area contributed by atoms with Crippen LogP contribution in [0.25, 0.3) is 0 Å². The monoisotopic (exact) mass is 269 g/mol. The van der Waals surface area contributed by atoms with E-state index in [9.17, 15) is 9.18 Å². The molecule has 0 bridgehead atoms. The van der Waals surface area contributed by atoms with E-state index in [1.807, 2.05) is 0 Å². The fraction of sp³-hybridized carbons (Fsp3) is 0.500. The highest BCUT2D eigenvalue weighted by Crippen LogP contribution is 2.20. The minimum atomic E-state index is -0.345. The van der Waals surface area contributed by atoms with Gasteiger partial charge in [0.2, 0.25) is 0 Å². The van der Waals surface area contributed by atoms with E-state index < -0.39 is 0 Å². The van der Waals surface area contributed by atoms with Crippen molar-refractivity contribution in [2.75, 3.05) is 13.1 Å². The van der Waals surface area contributed by atoms with E-state index >= 15 is 0 Å². The summed E-state index contributed by atoms with van der Waals surface area (Å²) in [6.45, 7) is 2.06. The molecular weight excluding hydrogens is 253 g/mol. The molecule has 1 aliphatic heterocycles. The molecule has 0 spiro atoms. The molecule has 1 aromatic rings. The maximum atomic E-state index is 13.1. The van der Waals surface area contributed by atoms with Crippen LogP contribution in [0, 0.1) is 11.7 Å². The summed E-state index contributed by atoms with van der Waals surface area (Å²) in [5.74, 6) is 0.397. The number of hydrogen-bond acceptors (Lipinski definition) is 2. The van der Waals surface area contributed by atoms with Crippen LogP contribution in [0.5, 0.6) is 0 Å². The fourth-order valence-corrected chi connectivity index (χ4v) is 2.49. The zero-order valence-corrected chi connectivity index (χ0v) is 11.0. The molecule has 1 atom stereocenters. The first-order chi connectivity index (χ1) is 8.65. The topological polar surface area (TPSA) is 29.1 Å². The summed E-state index contributed by atoms with van der Waals surface area (Å²) < 4.78 is 13.1. The Hall–Kier alpha value is -0.930. The van der Waals surface area contributed by atoms with E-state index in [1.54, 1.807) is 0 Å². The lowest BCUT2D eigenvalue weighted by Gasteiger charge is -2.08. The van der Waals surface area contributed by atoms with E-state index in [0.29, 0.717) is 22.9 Å². The lowest BCUT2D eigenvalue weighted by molar-refractivity contribution is -0.118. The molecule has 1 fully saturated rings. The van der Waals surface area contributed by atoms with Gasteiger partial charge >= 0.3 is 0 Å². The second-order valence-corrected chi connectivity index (χ2v) is 5.26. The minimum absolute atomic E-state index is 0.134. The Morgan fingerprint density at radius 3 is 3.06 bits per heavy atom. The average Bonchev–Trinajstić information content (AvgIpc) is 2.84. The Labute approximate surface area is 112 Å². The van der Waals surface area contributed by atoms with Gasteiger partial charge in [0, 0.05) is 17.9 Å². The SMILES string of the molecule is O=C(CCC1CCNC1)Cc1cc(F)ccc1Cl. The van der Waals surface area contributed by atoms with E-state index in [-0.39, 0.29) is 18.0 Å². The Bertz CT molecular complexity index is 430. The van der Waals surface area contributed by atoms with Crippen molar-refractivity contribution in [2.45, 2.75) is 25.7 Å². The first-order valence-electron chi connectivity index (χ1n) is 6.31. The van der Waals surface area contributed by atoms with Gasteiger partial charge in [-0.3, -0.25) is 4.79 Å². The molecule has 1 N–H and O–H groups in total. The van der Waals surface area contributed by atoms with Crippen molar-refractivity contribution in [2.24, 2.45) is 5.92 Å². The molecule has 98 valence electrons. The summed E-state index contributed by atoms with van der Waals surface area (Å²) in [6.07, 6.45) is 2.85. The number of benzene rings is 1. The first-order valence-corrected chi connectivity index (χ1v) is 6.69. The van der Waals surface area contributed by atoms with Crippen LogP contribution in [-0.2, 0) is 11.2 Å². The smallest absolute Gasteiger partial charge is 0.137 e. The maximum absolute atomic E-state index is 13.1. The summed E-state index contributed by atoms with van der Waals surface area (Å²) in [4.78, 5) is 11.8. The summed E-state index contributed by atoms with van der Waals surface area (Å²) in [6, 6.07) is 4.15. The lowest BCUT2D eigenvalue weighted by Crippen LogP contribution is -2.11. The van der Waals surface area contributed by atoms with Crippen LogP contribution in [0.3, 0.4) is 0 Å². The Morgan fingerprint density at radius 2 is 2.33 bits per heavy atom. The third kappa shape index (κ3) is 3.79. The summed E-state index contributed by atoms with van der Waals surface area (Å²) >= 11 is 5.94. The predicted octanol–water partition coefficient (Wildman–Crippen LogP) is 2.98. The maximum Gasteiger partial charge on any atom is 0.137 e. The average molecular weight is 270 g/mol. The number of nitrogens with one attached hydrogen (secondary N) is 1. The normalized spacial score (nSPS) is 19.1. The Balaban J connectivity index is 1.84. The summed E-state index contributed by atoms with van der Waals surface area (Å²) in [7, 11) is 0. The number of halogens is 2. The molecule has 0 saturated carbocycles. The Kier molecular flexibility index (Phi) is 4.72. The van der Waals surface area contributed by atoms with Crippen LogP contribution in [-0.4, -0.2) is 18.9 Å². The van der Waals surface area contributed by atoms with Gasteiger partial charge in [-0.05, 0) is 55.6 Å². The van der Waals surface area contributed by atoms with Gasteiger partial charge in [-0.1, -0.05) is 11.6 Å². The van der Waals surface area contributed by atoms with Crippen molar-refractivity contribution in [3.05, 3.63) is 34.6 Å². The number of carbonyl (C=O) groups is 1. The van der Waals surface area contributed by atoms with Crippen LogP contribution >= 0.6 is 11.6 Å². The molecule has 4 heteroatoms. The van der Waals surface area contributed by atoms with Crippen molar-refractivity contribution >= 4 is 17.4 Å². The van der Waals surface area contributed by atoms with Crippen molar-refractivity contribution in [3.63, 3.8) is 0 Å². The molecule has 1 saturated heterocycles. The molecule has 0 amide bonds. The van der Waals surface area contributed by atoms with Crippen molar-refractivity contribution in [3.8, 4) is 0 Å². The van der Waals surface area contributed by atoms with E-state index in [0.717, 1.165) is 25.9 Å². The van der Waals surface area contributed by atoms with E-state index in [1.165, 1.54) is 18.2 Å². The quantitative estimate of drug-likeness (QED) is 0.890. The van der Waals surface area contributed by atoms with E-state index in [4.69, 9.17) is 11.6 Å². The molecular formula is C14H17ClFNO. The predicted molar refractivity (Wildman–Crippen MR) is 70.3 cm³/mol. The van der Waals surface area contributed by atoms with Crippen LogP contribution in [0.4, 0.5) is 4.39 Å². The number of rotatable bonds is 5. The highest BCUT2D eigenvalue weighted by atomic mass is 35.5. The van der Waals surface area contributed by atoms with Gasteiger partial charge in [0.15, 0.2) is 0 Å². The molecule has 0 radical (unpaired) electrons. The molecule has 0 aromatic heterocycles. The van der Waals surface area contributed by atoms with Gasteiger partial charge in [-0.2, -0.15) is 0 Å². The second kappa shape index (κ2) is 6.30. The van der Waals surface area contributed by atoms with Gasteiger partial charge in [0.1, 0.15) is 11.6 Å².